The molecule has 0 amide bonds. The van der Waals surface area contributed by atoms with Gasteiger partial charge in [-0.2, -0.15) is 4.89 Å². The number of carbonyl (C=O) groups excluding carboxylic acids is 1. The van der Waals surface area contributed by atoms with Crippen molar-refractivity contribution in [2.45, 2.75) is 46.1 Å². The maximum absolute atomic E-state index is 12.3. The first kappa shape index (κ1) is 19.7. The molecule has 1 aliphatic carbocycles. The Morgan fingerprint density at radius 3 is 2.20 bits per heavy atom. The van der Waals surface area contributed by atoms with Gasteiger partial charge < -0.3 is 0 Å². The van der Waals surface area contributed by atoms with Crippen molar-refractivity contribution in [3.63, 3.8) is 0 Å². The van der Waals surface area contributed by atoms with Gasteiger partial charge in [-0.05, 0) is 42.9 Å². The summed E-state index contributed by atoms with van der Waals surface area (Å²) >= 11 is 0. The van der Waals surface area contributed by atoms with Gasteiger partial charge in [-0.3, -0.25) is 4.89 Å². The molecule has 1 aliphatic rings. The van der Waals surface area contributed by atoms with Crippen molar-refractivity contribution < 1.29 is 14.6 Å². The topological polar surface area (TPSA) is 35.5 Å². The Balaban J connectivity index is 2.03. The molecular weight excluding hydrogens is 328 g/mol. The Hall–Kier alpha value is -1.65. The van der Waals surface area contributed by atoms with E-state index in [1.165, 1.54) is 11.6 Å². The van der Waals surface area contributed by atoms with E-state index in [4.69, 9.17) is 9.78 Å². The molecule has 1 aromatic rings. The lowest BCUT2D eigenvalue weighted by atomic mass is 9.81. The second-order valence-corrected chi connectivity index (χ2v) is 11.2. The molecule has 1 radical (unpaired) electrons. The Bertz CT molecular complexity index is 590. The lowest BCUT2D eigenvalue weighted by Crippen LogP contribution is -2.43. The molecule has 0 spiro atoms. The zero-order valence-electron chi connectivity index (χ0n) is 15.6. The molecule has 0 heterocycles. The van der Waals surface area contributed by atoms with Crippen LogP contribution in [0.4, 0.5) is 0 Å². The molecule has 1 fully saturated rings. The maximum atomic E-state index is 12.3. The molecule has 2 rings (SSSR count). The SMILES string of the molecule is C=C[Si](C=C)(CC)c1ccc(C(=O)OO[C]2C(C)CCCC2C)cc1. The van der Waals surface area contributed by atoms with Crippen molar-refractivity contribution in [3.05, 3.63) is 60.5 Å². The normalized spacial score (nSPS) is 21.6. The quantitative estimate of drug-likeness (QED) is 0.396. The lowest BCUT2D eigenvalue weighted by molar-refractivity contribution is -0.253. The highest BCUT2D eigenvalue weighted by molar-refractivity contribution is 6.99. The van der Waals surface area contributed by atoms with Crippen LogP contribution in [0.2, 0.25) is 6.04 Å². The van der Waals surface area contributed by atoms with Gasteiger partial charge in [-0.1, -0.05) is 55.9 Å². The average Bonchev–Trinajstić information content (AvgIpc) is 2.63. The summed E-state index contributed by atoms with van der Waals surface area (Å²) in [6.45, 7) is 14.3. The molecule has 0 saturated heterocycles. The predicted molar refractivity (Wildman–Crippen MR) is 105 cm³/mol. The highest BCUT2D eigenvalue weighted by atomic mass is 28.3. The van der Waals surface area contributed by atoms with Gasteiger partial charge in [0, 0.05) is 0 Å². The first-order valence-corrected chi connectivity index (χ1v) is 11.5. The van der Waals surface area contributed by atoms with E-state index in [0.717, 1.165) is 25.0 Å². The Kier molecular flexibility index (Phi) is 6.79. The van der Waals surface area contributed by atoms with Crippen molar-refractivity contribution in [3.8, 4) is 0 Å². The van der Waals surface area contributed by atoms with Gasteiger partial charge in [0.2, 0.25) is 0 Å². The predicted octanol–water partition coefficient (Wildman–Crippen LogP) is 4.89. The number of carbonyl (C=O) groups is 1. The van der Waals surface area contributed by atoms with E-state index in [9.17, 15) is 4.79 Å². The number of hydrogen-bond donors (Lipinski definition) is 0. The van der Waals surface area contributed by atoms with Crippen LogP contribution in [0.25, 0.3) is 0 Å². The molecular formula is C21H29O3Si. The van der Waals surface area contributed by atoms with Gasteiger partial charge in [0.1, 0.15) is 8.07 Å². The van der Waals surface area contributed by atoms with Gasteiger partial charge in [0.15, 0.2) is 6.10 Å². The maximum Gasteiger partial charge on any atom is 0.373 e. The molecule has 0 aromatic heterocycles. The largest absolute Gasteiger partial charge is 0.373 e. The van der Waals surface area contributed by atoms with Gasteiger partial charge in [-0.25, -0.2) is 4.79 Å². The minimum atomic E-state index is -1.87. The van der Waals surface area contributed by atoms with E-state index in [2.05, 4.69) is 33.9 Å². The highest BCUT2D eigenvalue weighted by Gasteiger charge is 2.32. The Morgan fingerprint density at radius 2 is 1.72 bits per heavy atom. The molecule has 2 atom stereocenters. The minimum absolute atomic E-state index is 0.329. The van der Waals surface area contributed by atoms with Crippen LogP contribution in [0.15, 0.2) is 48.8 Å². The summed E-state index contributed by atoms with van der Waals surface area (Å²) in [4.78, 5) is 22.8. The highest BCUT2D eigenvalue weighted by Crippen LogP contribution is 2.37. The van der Waals surface area contributed by atoms with Gasteiger partial charge in [-0.15, -0.1) is 13.2 Å². The summed E-state index contributed by atoms with van der Waals surface area (Å²) < 4.78 is 0. The van der Waals surface area contributed by atoms with Crippen molar-refractivity contribution >= 4 is 19.2 Å². The third-order valence-corrected chi connectivity index (χ3v) is 9.47. The van der Waals surface area contributed by atoms with Crippen LogP contribution < -0.4 is 5.19 Å². The van der Waals surface area contributed by atoms with Gasteiger partial charge in [0.25, 0.3) is 0 Å². The molecule has 2 unspecified atom stereocenters. The number of hydrogen-bond acceptors (Lipinski definition) is 3. The standard InChI is InChI=1S/C21H29O3Si/c1-6-25(7-2,8-3)19-14-12-18(13-15-19)21(22)24-23-20-16(4)10-9-11-17(20)5/h6-7,12-17H,1-2,8-11H2,3-5H3. The fraction of sp³-hybridized carbons (Fsp3) is 0.429. The van der Waals surface area contributed by atoms with Crippen LogP contribution in [0.5, 0.6) is 0 Å². The summed E-state index contributed by atoms with van der Waals surface area (Å²) in [7, 11) is -1.87. The van der Waals surface area contributed by atoms with Crippen LogP contribution in [0.3, 0.4) is 0 Å². The fourth-order valence-corrected chi connectivity index (χ4v) is 5.94. The third kappa shape index (κ3) is 4.31. The number of benzene rings is 1. The van der Waals surface area contributed by atoms with Crippen LogP contribution >= 0.6 is 0 Å². The zero-order chi connectivity index (χ0) is 18.4. The van der Waals surface area contributed by atoms with Gasteiger partial charge >= 0.3 is 5.97 Å². The first-order chi connectivity index (χ1) is 12.0. The fourth-order valence-electron chi connectivity index (χ4n) is 3.53. The first-order valence-electron chi connectivity index (χ1n) is 9.10. The van der Waals surface area contributed by atoms with E-state index < -0.39 is 14.0 Å². The van der Waals surface area contributed by atoms with E-state index in [1.807, 2.05) is 23.5 Å². The second-order valence-electron chi connectivity index (χ2n) is 6.97. The Labute approximate surface area is 152 Å². The van der Waals surface area contributed by atoms with Crippen LogP contribution in [0.1, 0.15) is 50.4 Å². The van der Waals surface area contributed by atoms with Crippen molar-refractivity contribution in [2.24, 2.45) is 11.8 Å². The average molecular weight is 358 g/mol. The molecule has 1 saturated carbocycles. The molecule has 135 valence electrons. The van der Waals surface area contributed by atoms with Crippen LogP contribution in [-0.4, -0.2) is 14.0 Å². The molecule has 3 nitrogen and oxygen atoms in total. The van der Waals surface area contributed by atoms with Crippen LogP contribution in [0, 0.1) is 17.9 Å². The van der Waals surface area contributed by atoms with E-state index >= 15 is 0 Å². The smallest absolute Gasteiger partial charge is 0.292 e. The van der Waals surface area contributed by atoms with Crippen molar-refractivity contribution in [2.75, 3.05) is 0 Å². The van der Waals surface area contributed by atoms with Crippen molar-refractivity contribution in [1.29, 1.82) is 0 Å². The molecule has 0 aliphatic heterocycles. The van der Waals surface area contributed by atoms with E-state index in [-0.39, 0.29) is 0 Å². The third-order valence-electron chi connectivity index (χ3n) is 5.43. The van der Waals surface area contributed by atoms with Crippen LogP contribution in [-0.2, 0) is 9.78 Å². The molecule has 0 N–H and O–H groups in total. The lowest BCUT2D eigenvalue weighted by Gasteiger charge is -2.31. The molecule has 25 heavy (non-hydrogen) atoms. The molecule has 4 heteroatoms. The monoisotopic (exact) mass is 357 g/mol. The Morgan fingerprint density at radius 1 is 1.16 bits per heavy atom. The molecule has 1 aromatic carbocycles. The summed E-state index contributed by atoms with van der Waals surface area (Å²) in [5.41, 5.74) is 4.55. The zero-order valence-corrected chi connectivity index (χ0v) is 16.6. The second kappa shape index (κ2) is 8.63. The summed E-state index contributed by atoms with van der Waals surface area (Å²) in [6, 6.07) is 8.55. The number of rotatable bonds is 7. The summed E-state index contributed by atoms with van der Waals surface area (Å²) in [5, 5.41) is 1.20. The molecule has 0 bridgehead atoms. The van der Waals surface area contributed by atoms with E-state index in [1.54, 1.807) is 12.1 Å². The summed E-state index contributed by atoms with van der Waals surface area (Å²) in [6.07, 6.45) is 4.24. The summed E-state index contributed by atoms with van der Waals surface area (Å²) in [5.74, 6) is 0.204. The van der Waals surface area contributed by atoms with Crippen molar-refractivity contribution in [1.82, 2.24) is 0 Å². The van der Waals surface area contributed by atoms with E-state index in [0.29, 0.717) is 17.4 Å². The minimum Gasteiger partial charge on any atom is -0.292 e. The van der Waals surface area contributed by atoms with Gasteiger partial charge in [0.05, 0.1) is 5.56 Å².